The molecule has 0 saturated carbocycles. The fraction of sp³-hybridized carbons (Fsp3) is 0.214. The molecule has 1 N–H and O–H groups in total. The van der Waals surface area contributed by atoms with Crippen molar-refractivity contribution in [2.75, 3.05) is 21.0 Å². The molecule has 0 spiro atoms. The summed E-state index contributed by atoms with van der Waals surface area (Å²) in [5.41, 5.74) is 0.872. The van der Waals surface area contributed by atoms with E-state index in [4.69, 9.17) is 19.3 Å². The van der Waals surface area contributed by atoms with E-state index in [2.05, 4.69) is 0 Å². The second kappa shape index (κ2) is 7.94. The Morgan fingerprint density at radius 3 is 2.68 bits per heavy atom. The Kier molecular flexibility index (Phi) is 6.18. The van der Waals surface area contributed by atoms with Crippen LogP contribution in [0.2, 0.25) is 0 Å². The quantitative estimate of drug-likeness (QED) is 0.465. The van der Waals surface area contributed by atoms with Gasteiger partial charge in [0.05, 0.1) is 7.11 Å². The van der Waals surface area contributed by atoms with Gasteiger partial charge < -0.3 is 19.3 Å². The fourth-order valence-corrected chi connectivity index (χ4v) is 1.33. The molecule has 0 aliphatic rings. The molecule has 0 saturated heterocycles. The van der Waals surface area contributed by atoms with Crippen molar-refractivity contribution in [2.24, 2.45) is 0 Å². The number of benzene rings is 1. The van der Waals surface area contributed by atoms with Crippen LogP contribution in [0.25, 0.3) is 6.08 Å². The second-order valence-corrected chi connectivity index (χ2v) is 3.52. The third-order valence-corrected chi connectivity index (χ3v) is 2.16. The van der Waals surface area contributed by atoms with Crippen LogP contribution in [0, 0.1) is 0 Å². The molecule has 19 heavy (non-hydrogen) atoms. The van der Waals surface area contributed by atoms with Gasteiger partial charge in [0.2, 0.25) is 0 Å². The molecule has 0 aromatic heterocycles. The number of ether oxygens (including phenoxy) is 3. The molecule has 0 bridgehead atoms. The summed E-state index contributed by atoms with van der Waals surface area (Å²) in [6.07, 6.45) is 5.91. The van der Waals surface area contributed by atoms with Crippen LogP contribution in [0.4, 0.5) is 0 Å². The SMILES string of the molecule is COCOc1ccc(C=CC=CC(=O)O)cc1OC. The van der Waals surface area contributed by atoms with Gasteiger partial charge in [0.15, 0.2) is 18.3 Å². The monoisotopic (exact) mass is 264 g/mol. The number of carbonyl (C=O) groups is 1. The highest BCUT2D eigenvalue weighted by atomic mass is 16.7. The fourth-order valence-electron chi connectivity index (χ4n) is 1.33. The summed E-state index contributed by atoms with van der Waals surface area (Å²) in [5, 5.41) is 8.44. The van der Waals surface area contributed by atoms with Crippen LogP contribution >= 0.6 is 0 Å². The molecule has 0 amide bonds. The minimum Gasteiger partial charge on any atom is -0.493 e. The lowest BCUT2D eigenvalue weighted by atomic mass is 10.2. The molecule has 1 rings (SSSR count). The summed E-state index contributed by atoms with van der Waals surface area (Å²) >= 11 is 0. The second-order valence-electron chi connectivity index (χ2n) is 3.52. The summed E-state index contributed by atoms with van der Waals surface area (Å²) in [6.45, 7) is 0.146. The molecule has 0 aliphatic carbocycles. The Labute approximate surface area is 111 Å². The van der Waals surface area contributed by atoms with Crippen LogP contribution in [-0.2, 0) is 9.53 Å². The Bertz CT molecular complexity index is 477. The standard InChI is InChI=1S/C14H16O5/c1-17-10-19-12-8-7-11(9-13(12)18-2)5-3-4-6-14(15)16/h3-9H,10H2,1-2H3,(H,15,16). The summed E-state index contributed by atoms with van der Waals surface area (Å²) in [6, 6.07) is 5.38. The lowest BCUT2D eigenvalue weighted by Crippen LogP contribution is -2.00. The minimum absolute atomic E-state index is 0.146. The smallest absolute Gasteiger partial charge is 0.328 e. The van der Waals surface area contributed by atoms with E-state index in [0.29, 0.717) is 11.5 Å². The average Bonchev–Trinajstić information content (AvgIpc) is 2.41. The molecule has 5 nitrogen and oxygen atoms in total. The predicted molar refractivity (Wildman–Crippen MR) is 71.3 cm³/mol. The van der Waals surface area contributed by atoms with Crippen molar-refractivity contribution < 1.29 is 24.1 Å². The maximum atomic E-state index is 10.3. The zero-order chi connectivity index (χ0) is 14.1. The molecule has 0 aliphatic heterocycles. The number of methoxy groups -OCH3 is 2. The van der Waals surface area contributed by atoms with Crippen molar-refractivity contribution in [3.05, 3.63) is 42.0 Å². The van der Waals surface area contributed by atoms with Crippen molar-refractivity contribution in [1.29, 1.82) is 0 Å². The van der Waals surface area contributed by atoms with Crippen LogP contribution in [0.15, 0.2) is 36.4 Å². The molecule has 0 heterocycles. The van der Waals surface area contributed by atoms with Crippen LogP contribution in [-0.4, -0.2) is 32.1 Å². The zero-order valence-electron chi connectivity index (χ0n) is 10.8. The van der Waals surface area contributed by atoms with Crippen LogP contribution in [0.1, 0.15) is 5.56 Å². The van der Waals surface area contributed by atoms with Crippen molar-refractivity contribution >= 4 is 12.0 Å². The largest absolute Gasteiger partial charge is 0.493 e. The van der Waals surface area contributed by atoms with E-state index in [0.717, 1.165) is 11.6 Å². The molecule has 0 radical (unpaired) electrons. The van der Waals surface area contributed by atoms with Gasteiger partial charge in [-0.2, -0.15) is 0 Å². The molecule has 1 aromatic carbocycles. The lowest BCUT2D eigenvalue weighted by Gasteiger charge is -2.10. The van der Waals surface area contributed by atoms with Gasteiger partial charge >= 0.3 is 5.97 Å². The first-order valence-corrected chi connectivity index (χ1v) is 5.55. The van der Waals surface area contributed by atoms with E-state index < -0.39 is 5.97 Å². The van der Waals surface area contributed by atoms with Gasteiger partial charge in [-0.25, -0.2) is 4.79 Å². The zero-order valence-corrected chi connectivity index (χ0v) is 10.8. The average molecular weight is 264 g/mol. The lowest BCUT2D eigenvalue weighted by molar-refractivity contribution is -0.131. The van der Waals surface area contributed by atoms with E-state index >= 15 is 0 Å². The van der Waals surface area contributed by atoms with Crippen molar-refractivity contribution in [3.63, 3.8) is 0 Å². The molecular formula is C14H16O5. The van der Waals surface area contributed by atoms with Crippen molar-refractivity contribution in [2.45, 2.75) is 0 Å². The number of allylic oxidation sites excluding steroid dienone is 2. The maximum Gasteiger partial charge on any atom is 0.328 e. The van der Waals surface area contributed by atoms with E-state index in [9.17, 15) is 4.79 Å². The van der Waals surface area contributed by atoms with Gasteiger partial charge in [0.25, 0.3) is 0 Å². The first-order chi connectivity index (χ1) is 9.17. The number of hydrogen-bond donors (Lipinski definition) is 1. The van der Waals surface area contributed by atoms with Gasteiger partial charge in [-0.1, -0.05) is 24.3 Å². The van der Waals surface area contributed by atoms with Gasteiger partial charge in [-0.15, -0.1) is 0 Å². The highest BCUT2D eigenvalue weighted by Gasteiger charge is 2.04. The topological polar surface area (TPSA) is 65.0 Å². The van der Waals surface area contributed by atoms with E-state index in [1.54, 1.807) is 38.5 Å². The van der Waals surface area contributed by atoms with Crippen molar-refractivity contribution in [1.82, 2.24) is 0 Å². The highest BCUT2D eigenvalue weighted by Crippen LogP contribution is 2.28. The van der Waals surface area contributed by atoms with Gasteiger partial charge in [0.1, 0.15) is 0 Å². The van der Waals surface area contributed by atoms with Crippen LogP contribution in [0.5, 0.6) is 11.5 Å². The first-order valence-electron chi connectivity index (χ1n) is 5.55. The molecular weight excluding hydrogens is 248 g/mol. The maximum absolute atomic E-state index is 10.3. The van der Waals surface area contributed by atoms with E-state index in [1.165, 1.54) is 6.08 Å². The van der Waals surface area contributed by atoms with Crippen LogP contribution in [0.3, 0.4) is 0 Å². The summed E-state index contributed by atoms with van der Waals surface area (Å²) < 4.78 is 15.3. The molecule has 1 aromatic rings. The normalized spacial score (nSPS) is 11.1. The summed E-state index contributed by atoms with van der Waals surface area (Å²) in [4.78, 5) is 10.3. The summed E-state index contributed by atoms with van der Waals surface area (Å²) in [5.74, 6) is 0.189. The third-order valence-electron chi connectivity index (χ3n) is 2.16. The number of carboxylic acids is 1. The molecule has 102 valence electrons. The Morgan fingerprint density at radius 1 is 1.26 bits per heavy atom. The third kappa shape index (κ3) is 5.27. The molecule has 0 fully saturated rings. The van der Waals surface area contributed by atoms with E-state index in [1.807, 2.05) is 6.07 Å². The van der Waals surface area contributed by atoms with Crippen LogP contribution < -0.4 is 9.47 Å². The van der Waals surface area contributed by atoms with Crippen molar-refractivity contribution in [3.8, 4) is 11.5 Å². The Morgan fingerprint density at radius 2 is 2.05 bits per heavy atom. The summed E-state index contributed by atoms with van der Waals surface area (Å²) in [7, 11) is 3.09. The Hall–Kier alpha value is -2.27. The molecule has 0 atom stereocenters. The number of carboxylic acid groups (broad SMARTS) is 1. The van der Waals surface area contributed by atoms with Gasteiger partial charge in [-0.3, -0.25) is 0 Å². The van der Waals surface area contributed by atoms with Gasteiger partial charge in [-0.05, 0) is 17.7 Å². The highest BCUT2D eigenvalue weighted by molar-refractivity contribution is 5.80. The van der Waals surface area contributed by atoms with Gasteiger partial charge in [0, 0.05) is 13.2 Å². The predicted octanol–water partition coefficient (Wildman–Crippen LogP) is 2.33. The first kappa shape index (κ1) is 14.8. The Balaban J connectivity index is 2.78. The van der Waals surface area contributed by atoms with E-state index in [-0.39, 0.29) is 6.79 Å². The number of aliphatic carboxylic acids is 1. The molecule has 5 heteroatoms. The minimum atomic E-state index is -0.981. The number of hydrogen-bond acceptors (Lipinski definition) is 4. The number of rotatable bonds is 7. The molecule has 0 unspecified atom stereocenters.